The van der Waals surface area contributed by atoms with E-state index in [9.17, 15) is 18.3 Å². The Morgan fingerprint density at radius 3 is 2.34 bits per heavy atom. The summed E-state index contributed by atoms with van der Waals surface area (Å²) in [6, 6.07) is 29.6. The Labute approximate surface area is 277 Å². The van der Waals surface area contributed by atoms with Crippen molar-refractivity contribution in [1.82, 2.24) is 9.80 Å². The highest BCUT2D eigenvalue weighted by atomic mass is 32.2. The molecule has 1 aliphatic heterocycles. The van der Waals surface area contributed by atoms with Crippen molar-refractivity contribution in [3.8, 4) is 22.6 Å². The summed E-state index contributed by atoms with van der Waals surface area (Å²) in [7, 11) is -0.333. The van der Waals surface area contributed by atoms with E-state index in [1.165, 1.54) is 30.4 Å². The molecule has 47 heavy (non-hydrogen) atoms. The standard InChI is InChI=1S/C37H43N3O6S/c1-26-22-40(27(2)25-41)37(42)21-31-20-32(38-47(43,44)34-17-15-33(45-4)16-18-34)14-19-35(31)46-36(26)24-39(3)23-28-10-12-30(13-11-28)29-8-6-5-7-9-29/h5-20,26-27,36,38,41H,21-25H2,1-4H3/t26-,27-,36-/m0/s1. The van der Waals surface area contributed by atoms with Crippen molar-refractivity contribution in [2.24, 2.45) is 5.92 Å². The van der Waals surface area contributed by atoms with Crippen molar-refractivity contribution in [3.05, 3.63) is 108 Å². The van der Waals surface area contributed by atoms with Crippen LogP contribution in [0.1, 0.15) is 25.0 Å². The first-order chi connectivity index (χ1) is 22.6. The molecule has 1 amide bonds. The van der Waals surface area contributed by atoms with Crippen LogP contribution in [-0.2, 0) is 27.8 Å². The topological polar surface area (TPSA) is 108 Å². The van der Waals surface area contributed by atoms with Crippen LogP contribution in [0, 0.1) is 5.92 Å². The molecule has 0 unspecified atom stereocenters. The first-order valence-corrected chi connectivity index (χ1v) is 17.2. The number of ether oxygens (including phenoxy) is 2. The van der Waals surface area contributed by atoms with Gasteiger partial charge in [0.25, 0.3) is 10.0 Å². The van der Waals surface area contributed by atoms with E-state index in [1.807, 2.05) is 32.2 Å². The highest BCUT2D eigenvalue weighted by Crippen LogP contribution is 2.30. The van der Waals surface area contributed by atoms with Gasteiger partial charge in [-0.3, -0.25) is 14.4 Å². The van der Waals surface area contributed by atoms with E-state index in [1.54, 1.807) is 35.2 Å². The van der Waals surface area contributed by atoms with Gasteiger partial charge in [-0.1, -0.05) is 61.5 Å². The molecule has 2 N–H and O–H groups in total. The summed E-state index contributed by atoms with van der Waals surface area (Å²) in [5, 5.41) is 9.98. The number of carbonyl (C=O) groups excluding carboxylic acids is 1. The molecule has 10 heteroatoms. The van der Waals surface area contributed by atoms with Crippen molar-refractivity contribution in [2.45, 2.75) is 43.9 Å². The van der Waals surface area contributed by atoms with Gasteiger partial charge in [0.15, 0.2) is 0 Å². The van der Waals surface area contributed by atoms with Gasteiger partial charge in [0, 0.05) is 36.8 Å². The third-order valence-corrected chi connectivity index (χ3v) is 9.94. The average Bonchev–Trinajstić information content (AvgIpc) is 3.12. The largest absolute Gasteiger partial charge is 0.497 e. The second-order valence-electron chi connectivity index (χ2n) is 12.3. The van der Waals surface area contributed by atoms with E-state index in [0.29, 0.717) is 42.4 Å². The molecule has 0 saturated carbocycles. The summed E-state index contributed by atoms with van der Waals surface area (Å²) >= 11 is 0. The van der Waals surface area contributed by atoms with Crippen LogP contribution in [0.15, 0.2) is 102 Å². The Morgan fingerprint density at radius 1 is 1.00 bits per heavy atom. The number of hydrogen-bond acceptors (Lipinski definition) is 7. The lowest BCUT2D eigenvalue weighted by atomic mass is 10.0. The summed E-state index contributed by atoms with van der Waals surface area (Å²) in [6.45, 7) is 5.41. The average molecular weight is 658 g/mol. The quantitative estimate of drug-likeness (QED) is 0.221. The summed E-state index contributed by atoms with van der Waals surface area (Å²) in [5.74, 6) is 0.858. The minimum absolute atomic E-state index is 0.000813. The number of nitrogens with one attached hydrogen (secondary N) is 1. The molecule has 0 aliphatic carbocycles. The van der Waals surface area contributed by atoms with Crippen molar-refractivity contribution in [3.63, 3.8) is 0 Å². The fourth-order valence-electron chi connectivity index (χ4n) is 5.80. The Balaban J connectivity index is 1.37. The Hall–Kier alpha value is -4.38. The first-order valence-electron chi connectivity index (χ1n) is 15.8. The van der Waals surface area contributed by atoms with Crippen LogP contribution >= 0.6 is 0 Å². The number of carbonyl (C=O) groups is 1. The van der Waals surface area contributed by atoms with Gasteiger partial charge in [0.1, 0.15) is 17.6 Å². The zero-order valence-corrected chi connectivity index (χ0v) is 28.1. The Morgan fingerprint density at radius 2 is 1.68 bits per heavy atom. The molecule has 0 radical (unpaired) electrons. The number of aliphatic hydroxyl groups excluding tert-OH is 1. The Kier molecular flexibility index (Phi) is 10.9. The summed E-state index contributed by atoms with van der Waals surface area (Å²) in [4.78, 5) is 17.6. The monoisotopic (exact) mass is 657 g/mol. The third-order valence-electron chi connectivity index (χ3n) is 8.54. The number of anilines is 1. The summed E-state index contributed by atoms with van der Waals surface area (Å²) < 4.78 is 40.7. The van der Waals surface area contributed by atoms with Crippen LogP contribution in [0.25, 0.3) is 11.1 Å². The second kappa shape index (κ2) is 15.0. The minimum atomic E-state index is -3.90. The zero-order chi connectivity index (χ0) is 33.6. The number of aliphatic hydroxyl groups is 1. The lowest BCUT2D eigenvalue weighted by Gasteiger charge is -2.34. The smallest absolute Gasteiger partial charge is 0.261 e. The number of amides is 1. The highest BCUT2D eigenvalue weighted by molar-refractivity contribution is 7.92. The van der Waals surface area contributed by atoms with Crippen LogP contribution < -0.4 is 14.2 Å². The fourth-order valence-corrected chi connectivity index (χ4v) is 6.85. The predicted octanol–water partition coefficient (Wildman–Crippen LogP) is 5.44. The normalized spacial score (nSPS) is 17.6. The molecular formula is C37H43N3O6S. The maximum Gasteiger partial charge on any atom is 0.261 e. The van der Waals surface area contributed by atoms with E-state index in [0.717, 1.165) is 5.56 Å². The van der Waals surface area contributed by atoms with E-state index in [4.69, 9.17) is 9.47 Å². The molecule has 1 aliphatic rings. The van der Waals surface area contributed by atoms with Gasteiger partial charge in [-0.05, 0) is 73.1 Å². The Bertz CT molecular complexity index is 1750. The van der Waals surface area contributed by atoms with E-state index in [2.05, 4.69) is 52.9 Å². The lowest BCUT2D eigenvalue weighted by molar-refractivity contribution is -0.134. The molecule has 0 saturated heterocycles. The van der Waals surface area contributed by atoms with E-state index >= 15 is 0 Å². The summed E-state index contributed by atoms with van der Waals surface area (Å²) in [5.41, 5.74) is 4.39. The minimum Gasteiger partial charge on any atom is -0.497 e. The van der Waals surface area contributed by atoms with E-state index in [-0.39, 0.29) is 41.9 Å². The van der Waals surface area contributed by atoms with Gasteiger partial charge in [0.2, 0.25) is 5.91 Å². The fraction of sp³-hybridized carbons (Fsp3) is 0.324. The SMILES string of the molecule is COc1ccc(S(=O)(=O)Nc2ccc3c(c2)CC(=O)N([C@@H](C)CO)C[C@H](C)[C@H](CN(C)Cc2ccc(-c4ccccc4)cc2)O3)cc1. The molecule has 0 bridgehead atoms. The van der Waals surface area contributed by atoms with Crippen molar-refractivity contribution < 1.29 is 27.8 Å². The molecule has 0 spiro atoms. The lowest BCUT2D eigenvalue weighted by Crippen LogP contribution is -2.47. The molecule has 0 aromatic heterocycles. The number of likely N-dealkylation sites (N-methyl/N-ethyl adjacent to an activating group) is 1. The van der Waals surface area contributed by atoms with Crippen LogP contribution in [-0.4, -0.2) is 75.2 Å². The van der Waals surface area contributed by atoms with Crippen LogP contribution in [0.2, 0.25) is 0 Å². The molecular weight excluding hydrogens is 614 g/mol. The summed E-state index contributed by atoms with van der Waals surface area (Å²) in [6.07, 6.45) is -0.288. The number of methoxy groups -OCH3 is 1. The van der Waals surface area contributed by atoms with Gasteiger partial charge in [-0.15, -0.1) is 0 Å². The van der Waals surface area contributed by atoms with Crippen molar-refractivity contribution in [1.29, 1.82) is 0 Å². The molecule has 3 atom stereocenters. The molecule has 4 aromatic carbocycles. The van der Waals surface area contributed by atoms with Gasteiger partial charge in [0.05, 0.1) is 31.1 Å². The molecule has 1 heterocycles. The number of sulfonamides is 1. The molecule has 248 valence electrons. The van der Waals surface area contributed by atoms with Gasteiger partial charge < -0.3 is 19.5 Å². The number of rotatable bonds is 11. The zero-order valence-electron chi connectivity index (χ0n) is 27.3. The second-order valence-corrected chi connectivity index (χ2v) is 13.9. The number of fused-ring (bicyclic) bond motifs is 1. The van der Waals surface area contributed by atoms with Crippen molar-refractivity contribution >= 4 is 21.6 Å². The van der Waals surface area contributed by atoms with Crippen molar-refractivity contribution in [2.75, 3.05) is 38.6 Å². The maximum atomic E-state index is 13.6. The van der Waals surface area contributed by atoms with Gasteiger partial charge in [-0.2, -0.15) is 0 Å². The van der Waals surface area contributed by atoms with Crippen LogP contribution in [0.3, 0.4) is 0 Å². The number of hydrogen-bond donors (Lipinski definition) is 2. The maximum absolute atomic E-state index is 13.6. The third kappa shape index (κ3) is 8.51. The molecule has 5 rings (SSSR count). The molecule has 0 fully saturated rings. The highest BCUT2D eigenvalue weighted by Gasteiger charge is 2.31. The number of nitrogens with zero attached hydrogens (tertiary/aromatic N) is 2. The predicted molar refractivity (Wildman–Crippen MR) is 184 cm³/mol. The molecule has 9 nitrogen and oxygen atoms in total. The number of benzene rings is 4. The van der Waals surface area contributed by atoms with Gasteiger partial charge >= 0.3 is 0 Å². The van der Waals surface area contributed by atoms with E-state index < -0.39 is 10.0 Å². The van der Waals surface area contributed by atoms with Gasteiger partial charge in [-0.25, -0.2) is 8.42 Å². The molecule has 4 aromatic rings. The first kappa shape index (κ1) is 34.0. The van der Waals surface area contributed by atoms with Crippen LogP contribution in [0.5, 0.6) is 11.5 Å². The van der Waals surface area contributed by atoms with Crippen LogP contribution in [0.4, 0.5) is 5.69 Å².